The maximum atomic E-state index is 13.6. The van der Waals surface area contributed by atoms with Gasteiger partial charge >= 0.3 is 6.18 Å². The normalized spacial score (nSPS) is 13.7. The number of nitrogens with zero attached hydrogens (tertiary/aromatic N) is 4. The fourth-order valence-corrected chi connectivity index (χ4v) is 4.70. The number of carbonyl (C=O) groups is 1. The SMILES string of the molecule is Cc1ccc(C(=O)Cc2cc(-n3ccnc3)cc(C(F)(F)F)c2)cc1C#Cc1cncc(CN2CCCC2)c1. The zero-order valence-electron chi connectivity index (χ0n) is 21.5. The largest absolute Gasteiger partial charge is 0.416 e. The van der Waals surface area contributed by atoms with Gasteiger partial charge in [0.25, 0.3) is 0 Å². The van der Waals surface area contributed by atoms with Crippen LogP contribution in [0.2, 0.25) is 0 Å². The van der Waals surface area contributed by atoms with Gasteiger partial charge in [-0.05, 0) is 79.9 Å². The molecule has 0 amide bonds. The van der Waals surface area contributed by atoms with Crippen LogP contribution in [0.4, 0.5) is 13.2 Å². The summed E-state index contributed by atoms with van der Waals surface area (Å²) in [6, 6.07) is 10.9. The molecule has 1 saturated heterocycles. The minimum atomic E-state index is -4.54. The molecule has 4 aromatic rings. The fourth-order valence-electron chi connectivity index (χ4n) is 4.70. The predicted octanol–water partition coefficient (Wildman–Crippen LogP) is 6.02. The number of aromatic nitrogens is 3. The lowest BCUT2D eigenvalue weighted by atomic mass is 9.97. The van der Waals surface area contributed by atoms with Crippen molar-refractivity contribution in [3.05, 3.63) is 113 Å². The lowest BCUT2D eigenvalue weighted by molar-refractivity contribution is -0.137. The molecule has 0 unspecified atom stereocenters. The highest BCUT2D eigenvalue weighted by molar-refractivity contribution is 5.98. The number of likely N-dealkylation sites (tertiary alicyclic amines) is 1. The molecule has 39 heavy (non-hydrogen) atoms. The molecule has 5 rings (SSSR count). The smallest absolute Gasteiger partial charge is 0.306 e. The van der Waals surface area contributed by atoms with Gasteiger partial charge in [0.1, 0.15) is 0 Å². The molecule has 198 valence electrons. The van der Waals surface area contributed by atoms with Crippen molar-refractivity contribution in [1.29, 1.82) is 0 Å². The second-order valence-electron chi connectivity index (χ2n) is 9.80. The maximum absolute atomic E-state index is 13.6. The average molecular weight is 529 g/mol. The van der Waals surface area contributed by atoms with E-state index in [1.54, 1.807) is 30.6 Å². The summed E-state index contributed by atoms with van der Waals surface area (Å²) in [6.07, 6.45) is 5.77. The molecule has 5 nitrogen and oxygen atoms in total. The van der Waals surface area contributed by atoms with Crippen LogP contribution in [-0.4, -0.2) is 38.3 Å². The van der Waals surface area contributed by atoms with Crippen molar-refractivity contribution >= 4 is 5.78 Å². The van der Waals surface area contributed by atoms with Gasteiger partial charge in [-0.1, -0.05) is 24.0 Å². The molecule has 0 bridgehead atoms. The van der Waals surface area contributed by atoms with Crippen molar-refractivity contribution in [2.75, 3.05) is 13.1 Å². The number of halogens is 3. The molecule has 3 heterocycles. The van der Waals surface area contributed by atoms with Gasteiger partial charge in [-0.2, -0.15) is 13.2 Å². The highest BCUT2D eigenvalue weighted by atomic mass is 19.4. The number of aryl methyl sites for hydroxylation is 1. The second-order valence-corrected chi connectivity index (χ2v) is 9.80. The third-order valence-electron chi connectivity index (χ3n) is 6.77. The predicted molar refractivity (Wildman–Crippen MR) is 143 cm³/mol. The van der Waals surface area contributed by atoms with E-state index in [1.165, 1.54) is 29.9 Å². The number of hydrogen-bond acceptors (Lipinski definition) is 4. The summed E-state index contributed by atoms with van der Waals surface area (Å²) in [6.45, 7) is 4.96. The number of rotatable bonds is 6. The Hall–Kier alpha value is -4.22. The summed E-state index contributed by atoms with van der Waals surface area (Å²) in [7, 11) is 0. The summed E-state index contributed by atoms with van der Waals surface area (Å²) < 4.78 is 42.2. The maximum Gasteiger partial charge on any atom is 0.416 e. The van der Waals surface area contributed by atoms with E-state index in [1.807, 2.05) is 25.3 Å². The Morgan fingerprint density at radius 2 is 1.79 bits per heavy atom. The van der Waals surface area contributed by atoms with E-state index >= 15 is 0 Å². The summed E-state index contributed by atoms with van der Waals surface area (Å²) >= 11 is 0. The second kappa shape index (κ2) is 11.3. The number of imidazole rings is 1. The van der Waals surface area contributed by atoms with Gasteiger partial charge in [0, 0.05) is 60.1 Å². The van der Waals surface area contributed by atoms with Crippen LogP contribution in [0.1, 0.15) is 56.6 Å². The molecular weight excluding hydrogens is 501 g/mol. The minimum Gasteiger partial charge on any atom is -0.306 e. The molecule has 2 aromatic carbocycles. The van der Waals surface area contributed by atoms with Crippen LogP contribution in [0.3, 0.4) is 0 Å². The topological polar surface area (TPSA) is 51.0 Å². The first-order valence-corrected chi connectivity index (χ1v) is 12.8. The van der Waals surface area contributed by atoms with Crippen molar-refractivity contribution < 1.29 is 18.0 Å². The number of benzene rings is 2. The van der Waals surface area contributed by atoms with Gasteiger partial charge in [-0.3, -0.25) is 14.7 Å². The summed E-state index contributed by atoms with van der Waals surface area (Å²) in [5.74, 6) is 6.02. The Balaban J connectivity index is 1.36. The van der Waals surface area contributed by atoms with E-state index in [9.17, 15) is 18.0 Å². The van der Waals surface area contributed by atoms with Gasteiger partial charge in [0.15, 0.2) is 5.78 Å². The summed E-state index contributed by atoms with van der Waals surface area (Å²) in [4.78, 5) is 23.8. The molecule has 0 saturated carbocycles. The van der Waals surface area contributed by atoms with Crippen LogP contribution in [0, 0.1) is 18.8 Å². The number of carbonyl (C=O) groups excluding carboxylic acids is 1. The van der Waals surface area contributed by atoms with Crippen molar-refractivity contribution in [3.63, 3.8) is 0 Å². The quantitative estimate of drug-likeness (QED) is 0.227. The standard InChI is InChI=1S/C31H27F3N4O/c1-22-4-6-27(16-26(22)7-5-23-12-25(19-36-18-23)20-37-9-2-3-10-37)30(39)15-24-13-28(31(32,33)34)17-29(14-24)38-11-8-35-21-38/h4,6,8,11-14,16-19,21H,2-3,9-10,15,20H2,1H3. The highest BCUT2D eigenvalue weighted by Gasteiger charge is 2.31. The zero-order chi connectivity index (χ0) is 27.4. The molecule has 0 spiro atoms. The fraction of sp³-hybridized carbons (Fsp3) is 0.258. The highest BCUT2D eigenvalue weighted by Crippen LogP contribution is 2.32. The molecule has 1 aliphatic rings. The van der Waals surface area contributed by atoms with E-state index in [-0.39, 0.29) is 17.8 Å². The minimum absolute atomic E-state index is 0.177. The van der Waals surface area contributed by atoms with Gasteiger partial charge in [-0.15, -0.1) is 0 Å². The first-order chi connectivity index (χ1) is 18.7. The van der Waals surface area contributed by atoms with Crippen LogP contribution < -0.4 is 0 Å². The van der Waals surface area contributed by atoms with E-state index in [4.69, 9.17) is 0 Å². The third-order valence-corrected chi connectivity index (χ3v) is 6.77. The van der Waals surface area contributed by atoms with Crippen LogP contribution >= 0.6 is 0 Å². The molecule has 0 atom stereocenters. The monoisotopic (exact) mass is 528 g/mol. The number of alkyl halides is 3. The number of pyridine rings is 1. The molecule has 8 heteroatoms. The Morgan fingerprint density at radius 1 is 0.974 bits per heavy atom. The van der Waals surface area contributed by atoms with Gasteiger partial charge in [0.05, 0.1) is 11.9 Å². The lowest BCUT2D eigenvalue weighted by Gasteiger charge is -2.14. The molecule has 1 fully saturated rings. The van der Waals surface area contributed by atoms with Crippen LogP contribution in [-0.2, 0) is 19.1 Å². The van der Waals surface area contributed by atoms with Gasteiger partial charge in [-0.25, -0.2) is 4.98 Å². The summed E-state index contributed by atoms with van der Waals surface area (Å²) in [5.41, 5.74) is 3.64. The first-order valence-electron chi connectivity index (χ1n) is 12.8. The Morgan fingerprint density at radius 3 is 2.54 bits per heavy atom. The molecule has 0 radical (unpaired) electrons. The lowest BCUT2D eigenvalue weighted by Crippen LogP contribution is -2.18. The average Bonchev–Trinajstić information content (AvgIpc) is 3.63. The van der Waals surface area contributed by atoms with E-state index in [0.717, 1.165) is 48.5 Å². The van der Waals surface area contributed by atoms with Gasteiger partial charge in [0.2, 0.25) is 0 Å². The Labute approximate surface area is 225 Å². The molecule has 1 aliphatic heterocycles. The van der Waals surface area contributed by atoms with E-state index in [2.05, 4.69) is 26.7 Å². The Kier molecular flexibility index (Phi) is 7.62. The molecular formula is C31H27F3N4O. The van der Waals surface area contributed by atoms with E-state index in [0.29, 0.717) is 16.8 Å². The van der Waals surface area contributed by atoms with E-state index < -0.39 is 11.7 Å². The van der Waals surface area contributed by atoms with Crippen molar-refractivity contribution in [1.82, 2.24) is 19.4 Å². The van der Waals surface area contributed by atoms with Crippen molar-refractivity contribution in [3.8, 4) is 17.5 Å². The van der Waals surface area contributed by atoms with Crippen molar-refractivity contribution in [2.45, 2.75) is 38.9 Å². The number of ketones is 1. The molecule has 0 aliphatic carbocycles. The third kappa shape index (κ3) is 6.62. The van der Waals surface area contributed by atoms with Crippen molar-refractivity contribution in [2.24, 2.45) is 0 Å². The van der Waals surface area contributed by atoms with Crippen LogP contribution in [0.5, 0.6) is 0 Å². The molecule has 2 aromatic heterocycles. The number of hydrogen-bond donors (Lipinski definition) is 0. The number of Topliss-reactive ketones (excluding diaryl/α,β-unsaturated/α-hetero) is 1. The summed E-state index contributed by atoms with van der Waals surface area (Å²) in [5, 5.41) is 0. The Bertz CT molecular complexity index is 1540. The first kappa shape index (κ1) is 26.4. The molecule has 0 N–H and O–H groups in total. The zero-order valence-corrected chi connectivity index (χ0v) is 21.5. The van der Waals surface area contributed by atoms with Gasteiger partial charge < -0.3 is 4.57 Å². The van der Waals surface area contributed by atoms with Crippen LogP contribution in [0.25, 0.3) is 5.69 Å². The van der Waals surface area contributed by atoms with Crippen LogP contribution in [0.15, 0.2) is 73.6 Å².